The van der Waals surface area contributed by atoms with Crippen molar-refractivity contribution in [2.24, 2.45) is 10.9 Å². The second-order valence-electron chi connectivity index (χ2n) is 5.41. The Bertz CT molecular complexity index is 452. The zero-order chi connectivity index (χ0) is 14.5. The maximum atomic E-state index is 8.84. The lowest BCUT2D eigenvalue weighted by atomic mass is 10.2. The molecule has 0 bridgehead atoms. The predicted molar refractivity (Wildman–Crippen MR) is 78.7 cm³/mol. The Labute approximate surface area is 120 Å². The van der Waals surface area contributed by atoms with Crippen LogP contribution in [0.4, 0.5) is 0 Å². The van der Waals surface area contributed by atoms with Gasteiger partial charge in [0.1, 0.15) is 0 Å². The van der Waals surface area contributed by atoms with Crippen LogP contribution >= 0.6 is 0 Å². The molecule has 20 heavy (non-hydrogen) atoms. The van der Waals surface area contributed by atoms with Crippen LogP contribution in [0.5, 0.6) is 0 Å². The molecule has 1 fully saturated rings. The average Bonchev–Trinajstić information content (AvgIpc) is 3.10. The number of hydrogen-bond donors (Lipinski definition) is 2. The van der Waals surface area contributed by atoms with Gasteiger partial charge >= 0.3 is 0 Å². The van der Waals surface area contributed by atoms with Gasteiger partial charge in [-0.15, -0.1) is 0 Å². The van der Waals surface area contributed by atoms with Crippen molar-refractivity contribution in [2.45, 2.75) is 58.2 Å². The second kappa shape index (κ2) is 6.74. The Kier molecular flexibility index (Phi) is 5.00. The van der Waals surface area contributed by atoms with E-state index in [0.717, 1.165) is 44.5 Å². The maximum absolute atomic E-state index is 8.84. The number of amidine groups is 1. The molecule has 3 N–H and O–H groups in total. The van der Waals surface area contributed by atoms with Gasteiger partial charge in [-0.3, -0.25) is 9.58 Å². The highest BCUT2D eigenvalue weighted by atomic mass is 16.4. The minimum absolute atomic E-state index is 0.0401. The van der Waals surface area contributed by atoms with Gasteiger partial charge in [-0.2, -0.15) is 5.10 Å². The zero-order valence-corrected chi connectivity index (χ0v) is 12.4. The summed E-state index contributed by atoms with van der Waals surface area (Å²) in [6.07, 6.45) is 6.26. The first-order chi connectivity index (χ1) is 9.69. The van der Waals surface area contributed by atoms with E-state index in [9.17, 15) is 0 Å². The SMILES string of the molecule is CCC(CC)n1ccc(CN2CCCC2C(N)=NO)n1. The van der Waals surface area contributed by atoms with Crippen LogP contribution < -0.4 is 5.73 Å². The van der Waals surface area contributed by atoms with Crippen LogP contribution in [0.3, 0.4) is 0 Å². The van der Waals surface area contributed by atoms with E-state index in [1.807, 2.05) is 0 Å². The lowest BCUT2D eigenvalue weighted by Crippen LogP contribution is -2.40. The lowest BCUT2D eigenvalue weighted by Gasteiger charge is -2.22. The molecule has 0 radical (unpaired) electrons. The fraction of sp³-hybridized carbons (Fsp3) is 0.714. The van der Waals surface area contributed by atoms with Crippen LogP contribution in [0.1, 0.15) is 51.3 Å². The van der Waals surface area contributed by atoms with Gasteiger partial charge in [-0.25, -0.2) is 0 Å². The molecule has 2 heterocycles. The summed E-state index contributed by atoms with van der Waals surface area (Å²) in [6.45, 7) is 6.10. The monoisotopic (exact) mass is 279 g/mol. The molecule has 0 aliphatic carbocycles. The molecule has 6 nitrogen and oxygen atoms in total. The van der Waals surface area contributed by atoms with E-state index in [1.165, 1.54) is 0 Å². The maximum Gasteiger partial charge on any atom is 0.156 e. The van der Waals surface area contributed by atoms with Gasteiger partial charge in [0.2, 0.25) is 0 Å². The molecule has 1 saturated heterocycles. The molecular formula is C14H25N5O. The van der Waals surface area contributed by atoms with Crippen LogP contribution in [0, 0.1) is 0 Å². The molecule has 0 amide bonds. The van der Waals surface area contributed by atoms with Gasteiger partial charge in [0.15, 0.2) is 5.84 Å². The fourth-order valence-electron chi connectivity index (χ4n) is 2.95. The van der Waals surface area contributed by atoms with E-state index in [1.54, 1.807) is 0 Å². The highest BCUT2D eigenvalue weighted by Crippen LogP contribution is 2.21. The highest BCUT2D eigenvalue weighted by Gasteiger charge is 2.28. The molecule has 2 rings (SSSR count). The van der Waals surface area contributed by atoms with Gasteiger partial charge in [-0.1, -0.05) is 19.0 Å². The largest absolute Gasteiger partial charge is 0.409 e. The number of rotatable bonds is 6. The van der Waals surface area contributed by atoms with Crippen molar-refractivity contribution in [3.05, 3.63) is 18.0 Å². The van der Waals surface area contributed by atoms with E-state index in [4.69, 9.17) is 10.9 Å². The van der Waals surface area contributed by atoms with Crippen molar-refractivity contribution < 1.29 is 5.21 Å². The summed E-state index contributed by atoms with van der Waals surface area (Å²) in [7, 11) is 0. The molecule has 0 saturated carbocycles. The standard InChI is InChI=1S/C14H25N5O/c1-3-12(4-2)19-9-7-11(16-19)10-18-8-5-6-13(18)14(15)17-20/h7,9,12-13,20H,3-6,8,10H2,1-2H3,(H2,15,17). The highest BCUT2D eigenvalue weighted by molar-refractivity contribution is 5.85. The van der Waals surface area contributed by atoms with E-state index < -0.39 is 0 Å². The first-order valence-electron chi connectivity index (χ1n) is 7.45. The quantitative estimate of drug-likeness (QED) is 0.361. The summed E-state index contributed by atoms with van der Waals surface area (Å²) in [5.41, 5.74) is 6.80. The summed E-state index contributed by atoms with van der Waals surface area (Å²) in [4.78, 5) is 2.23. The lowest BCUT2D eigenvalue weighted by molar-refractivity contribution is 0.271. The number of oxime groups is 1. The number of nitrogens with zero attached hydrogens (tertiary/aromatic N) is 4. The predicted octanol–water partition coefficient (Wildman–Crippen LogP) is 1.96. The second-order valence-corrected chi connectivity index (χ2v) is 5.41. The molecule has 1 atom stereocenters. The van der Waals surface area contributed by atoms with Crippen LogP contribution in [-0.4, -0.2) is 38.3 Å². The molecular weight excluding hydrogens is 254 g/mol. The van der Waals surface area contributed by atoms with Crippen LogP contribution in [-0.2, 0) is 6.54 Å². The van der Waals surface area contributed by atoms with E-state index in [-0.39, 0.29) is 6.04 Å². The first-order valence-corrected chi connectivity index (χ1v) is 7.45. The number of likely N-dealkylation sites (tertiary alicyclic amines) is 1. The molecule has 1 aromatic rings. The minimum atomic E-state index is 0.0401. The van der Waals surface area contributed by atoms with Gasteiger partial charge in [0.05, 0.1) is 17.8 Å². The zero-order valence-electron chi connectivity index (χ0n) is 12.4. The summed E-state index contributed by atoms with van der Waals surface area (Å²) in [6, 6.07) is 2.58. The molecule has 1 aliphatic rings. The van der Waals surface area contributed by atoms with Crippen LogP contribution in [0.2, 0.25) is 0 Å². The fourth-order valence-corrected chi connectivity index (χ4v) is 2.95. The van der Waals surface area contributed by atoms with Gasteiger partial charge in [-0.05, 0) is 38.3 Å². The summed E-state index contributed by atoms with van der Waals surface area (Å²) in [5, 5.41) is 16.7. The molecule has 6 heteroatoms. The number of nitrogens with two attached hydrogens (primary N) is 1. The smallest absolute Gasteiger partial charge is 0.156 e. The summed E-state index contributed by atoms with van der Waals surface area (Å²) >= 11 is 0. The number of hydrogen-bond acceptors (Lipinski definition) is 4. The van der Waals surface area contributed by atoms with Crippen molar-refractivity contribution in [3.8, 4) is 0 Å². The first kappa shape index (κ1) is 14.8. The minimum Gasteiger partial charge on any atom is -0.409 e. The van der Waals surface area contributed by atoms with Crippen molar-refractivity contribution in [3.63, 3.8) is 0 Å². The topological polar surface area (TPSA) is 79.7 Å². The van der Waals surface area contributed by atoms with E-state index in [0.29, 0.717) is 11.9 Å². The summed E-state index contributed by atoms with van der Waals surface area (Å²) < 4.78 is 2.06. The molecule has 112 valence electrons. The van der Waals surface area contributed by atoms with Crippen molar-refractivity contribution >= 4 is 5.84 Å². The Hall–Kier alpha value is -1.56. The van der Waals surface area contributed by atoms with E-state index in [2.05, 4.69) is 45.9 Å². The Morgan fingerprint density at radius 1 is 1.55 bits per heavy atom. The van der Waals surface area contributed by atoms with Crippen LogP contribution in [0.15, 0.2) is 17.4 Å². The molecule has 1 aromatic heterocycles. The van der Waals surface area contributed by atoms with Crippen LogP contribution in [0.25, 0.3) is 0 Å². The molecule has 0 spiro atoms. The normalized spacial score (nSPS) is 20.9. The molecule has 1 unspecified atom stereocenters. The summed E-state index contributed by atoms with van der Waals surface area (Å²) in [5.74, 6) is 0.307. The van der Waals surface area contributed by atoms with Crippen molar-refractivity contribution in [2.75, 3.05) is 6.54 Å². The average molecular weight is 279 g/mol. The molecule has 1 aliphatic heterocycles. The number of aromatic nitrogens is 2. The Morgan fingerprint density at radius 3 is 2.95 bits per heavy atom. The van der Waals surface area contributed by atoms with Gasteiger partial charge in [0, 0.05) is 12.7 Å². The third-order valence-electron chi connectivity index (χ3n) is 4.17. The third-order valence-corrected chi connectivity index (χ3v) is 4.17. The Morgan fingerprint density at radius 2 is 2.30 bits per heavy atom. The van der Waals surface area contributed by atoms with E-state index >= 15 is 0 Å². The Balaban J connectivity index is 2.03. The van der Waals surface area contributed by atoms with Crippen molar-refractivity contribution in [1.29, 1.82) is 0 Å². The third kappa shape index (κ3) is 3.12. The van der Waals surface area contributed by atoms with Crippen molar-refractivity contribution in [1.82, 2.24) is 14.7 Å². The molecule has 0 aromatic carbocycles. The van der Waals surface area contributed by atoms with Gasteiger partial charge < -0.3 is 10.9 Å². The van der Waals surface area contributed by atoms with Gasteiger partial charge in [0.25, 0.3) is 0 Å².